The lowest BCUT2D eigenvalue weighted by molar-refractivity contribution is 0.339. The van der Waals surface area contributed by atoms with Gasteiger partial charge in [0.05, 0.1) is 19.0 Å². The summed E-state index contributed by atoms with van der Waals surface area (Å²) in [5, 5.41) is 0.474. The summed E-state index contributed by atoms with van der Waals surface area (Å²) in [4.78, 5) is 0. The first-order valence-corrected chi connectivity index (χ1v) is 6.80. The van der Waals surface area contributed by atoms with Crippen molar-refractivity contribution in [2.24, 2.45) is 5.50 Å². The Kier molecular flexibility index (Phi) is 4.14. The molecule has 1 atom stereocenters. The molecule has 1 unspecified atom stereocenters. The Morgan fingerprint density at radius 3 is 2.50 bits per heavy atom. The zero-order valence-electron chi connectivity index (χ0n) is 10.1. The SMILES string of the molecule is CCOP(N)(=O)c1c(C)cc(C)cc1OC. The van der Waals surface area contributed by atoms with Gasteiger partial charge in [-0.2, -0.15) is 0 Å². The van der Waals surface area contributed by atoms with Gasteiger partial charge in [0.15, 0.2) is 0 Å². The van der Waals surface area contributed by atoms with Gasteiger partial charge in [-0.1, -0.05) is 6.07 Å². The molecule has 2 N–H and O–H groups in total. The third-order valence-electron chi connectivity index (χ3n) is 2.26. The summed E-state index contributed by atoms with van der Waals surface area (Å²) in [6, 6.07) is 3.72. The van der Waals surface area contributed by atoms with Crippen molar-refractivity contribution in [3.63, 3.8) is 0 Å². The van der Waals surface area contributed by atoms with E-state index in [0.717, 1.165) is 11.1 Å². The minimum atomic E-state index is -3.28. The molecule has 0 bridgehead atoms. The van der Waals surface area contributed by atoms with E-state index in [9.17, 15) is 4.57 Å². The summed E-state index contributed by atoms with van der Waals surface area (Å²) in [5.41, 5.74) is 7.60. The molecule has 0 spiro atoms. The van der Waals surface area contributed by atoms with Crippen LogP contribution in [0.3, 0.4) is 0 Å². The van der Waals surface area contributed by atoms with Crippen molar-refractivity contribution in [3.8, 4) is 5.75 Å². The van der Waals surface area contributed by atoms with E-state index < -0.39 is 7.52 Å². The van der Waals surface area contributed by atoms with Crippen molar-refractivity contribution in [1.29, 1.82) is 0 Å². The predicted molar refractivity (Wildman–Crippen MR) is 65.5 cm³/mol. The molecule has 5 heteroatoms. The molecule has 0 radical (unpaired) electrons. The normalized spacial score (nSPS) is 14.6. The standard InChI is InChI=1S/C11H18NO3P/c1-5-15-16(12,13)11-9(3)6-8(2)7-10(11)14-4/h6-7H,5H2,1-4H3,(H2,12,13). The molecular weight excluding hydrogens is 225 g/mol. The van der Waals surface area contributed by atoms with Crippen molar-refractivity contribution < 1.29 is 13.8 Å². The van der Waals surface area contributed by atoms with Crippen molar-refractivity contribution >= 4 is 12.8 Å². The number of nitrogens with two attached hydrogens (primary N) is 1. The van der Waals surface area contributed by atoms with Crippen molar-refractivity contribution in [3.05, 3.63) is 23.3 Å². The number of benzene rings is 1. The number of aryl methyl sites for hydroxylation is 2. The molecule has 16 heavy (non-hydrogen) atoms. The van der Waals surface area contributed by atoms with Crippen LogP contribution in [-0.2, 0) is 9.09 Å². The molecule has 0 saturated carbocycles. The molecule has 0 aliphatic carbocycles. The Balaban J connectivity index is 3.37. The molecule has 0 saturated heterocycles. The average Bonchev–Trinajstić information content (AvgIpc) is 2.15. The fraction of sp³-hybridized carbons (Fsp3) is 0.455. The highest BCUT2D eigenvalue weighted by Crippen LogP contribution is 2.41. The quantitative estimate of drug-likeness (QED) is 0.823. The van der Waals surface area contributed by atoms with Crippen LogP contribution in [0.1, 0.15) is 18.1 Å². The van der Waals surface area contributed by atoms with Crippen molar-refractivity contribution in [1.82, 2.24) is 0 Å². The minimum absolute atomic E-state index is 0.310. The molecule has 90 valence electrons. The Morgan fingerprint density at radius 1 is 1.38 bits per heavy atom. The van der Waals surface area contributed by atoms with E-state index in [4.69, 9.17) is 14.8 Å². The van der Waals surface area contributed by atoms with Crippen molar-refractivity contribution in [2.75, 3.05) is 13.7 Å². The lowest BCUT2D eigenvalue weighted by Crippen LogP contribution is -2.19. The number of hydrogen-bond acceptors (Lipinski definition) is 3. The topological polar surface area (TPSA) is 61.5 Å². The first kappa shape index (κ1) is 13.2. The maximum absolute atomic E-state index is 12.2. The van der Waals surface area contributed by atoms with Gasteiger partial charge in [-0.25, -0.2) is 0 Å². The van der Waals surface area contributed by atoms with Crippen LogP contribution in [0.25, 0.3) is 0 Å². The molecule has 0 fully saturated rings. The highest BCUT2D eigenvalue weighted by Gasteiger charge is 2.26. The molecule has 0 aliphatic rings. The minimum Gasteiger partial charge on any atom is -0.496 e. The van der Waals surface area contributed by atoms with Crippen LogP contribution in [0.15, 0.2) is 12.1 Å². The number of rotatable bonds is 4. The second-order valence-corrected chi connectivity index (χ2v) is 5.55. The van der Waals surface area contributed by atoms with E-state index in [1.807, 2.05) is 19.9 Å². The lowest BCUT2D eigenvalue weighted by Gasteiger charge is -2.18. The summed E-state index contributed by atoms with van der Waals surface area (Å²) in [6.07, 6.45) is 0. The largest absolute Gasteiger partial charge is 0.496 e. The second kappa shape index (κ2) is 5.00. The fourth-order valence-corrected chi connectivity index (χ4v) is 3.26. The Bertz CT molecular complexity index is 431. The summed E-state index contributed by atoms with van der Waals surface area (Å²) < 4.78 is 22.5. The monoisotopic (exact) mass is 243 g/mol. The molecule has 0 aromatic heterocycles. The average molecular weight is 243 g/mol. The summed E-state index contributed by atoms with van der Waals surface area (Å²) in [5.74, 6) is 0.525. The molecular formula is C11H18NO3P. The Labute approximate surface area is 96.3 Å². The van der Waals surface area contributed by atoms with E-state index in [0.29, 0.717) is 17.7 Å². The summed E-state index contributed by atoms with van der Waals surface area (Å²) >= 11 is 0. The first-order valence-electron chi connectivity index (χ1n) is 5.11. The highest BCUT2D eigenvalue weighted by atomic mass is 31.2. The fourth-order valence-electron chi connectivity index (χ4n) is 1.73. The second-order valence-electron chi connectivity index (χ2n) is 3.65. The van der Waals surface area contributed by atoms with Gasteiger partial charge in [0.25, 0.3) is 0 Å². The van der Waals surface area contributed by atoms with E-state index in [1.165, 1.54) is 7.11 Å². The van der Waals surface area contributed by atoms with Gasteiger partial charge < -0.3 is 9.26 Å². The molecule has 0 heterocycles. The lowest BCUT2D eigenvalue weighted by atomic mass is 10.1. The number of ether oxygens (including phenoxy) is 1. The molecule has 4 nitrogen and oxygen atoms in total. The van der Waals surface area contributed by atoms with E-state index in [1.54, 1.807) is 13.0 Å². The van der Waals surface area contributed by atoms with E-state index in [2.05, 4.69) is 0 Å². The van der Waals surface area contributed by atoms with Gasteiger partial charge in [-0.3, -0.25) is 10.1 Å². The third-order valence-corrected chi connectivity index (χ3v) is 4.10. The van der Waals surface area contributed by atoms with E-state index >= 15 is 0 Å². The van der Waals surface area contributed by atoms with Crippen molar-refractivity contribution in [2.45, 2.75) is 20.8 Å². The maximum atomic E-state index is 12.2. The molecule has 0 amide bonds. The van der Waals surface area contributed by atoms with Crippen LogP contribution in [0.5, 0.6) is 5.75 Å². The zero-order chi connectivity index (χ0) is 12.3. The van der Waals surface area contributed by atoms with Gasteiger partial charge >= 0.3 is 7.52 Å². The van der Waals surface area contributed by atoms with Crippen LogP contribution < -0.4 is 15.5 Å². The van der Waals surface area contributed by atoms with Gasteiger partial charge in [-0.15, -0.1) is 0 Å². The summed E-state index contributed by atoms with van der Waals surface area (Å²) in [6.45, 7) is 5.87. The van der Waals surface area contributed by atoms with Gasteiger partial charge in [-0.05, 0) is 38.0 Å². The predicted octanol–water partition coefficient (Wildman–Crippen LogP) is 2.13. The van der Waals surface area contributed by atoms with Gasteiger partial charge in [0.2, 0.25) is 0 Å². The highest BCUT2D eigenvalue weighted by molar-refractivity contribution is 7.65. The molecule has 1 aromatic carbocycles. The van der Waals surface area contributed by atoms with Gasteiger partial charge in [0, 0.05) is 0 Å². The Morgan fingerprint density at radius 2 is 2.00 bits per heavy atom. The van der Waals surface area contributed by atoms with Crippen LogP contribution in [0.4, 0.5) is 0 Å². The van der Waals surface area contributed by atoms with Crippen LogP contribution in [0.2, 0.25) is 0 Å². The number of hydrogen-bond donors (Lipinski definition) is 1. The van der Waals surface area contributed by atoms with Crippen LogP contribution in [-0.4, -0.2) is 13.7 Å². The van der Waals surface area contributed by atoms with E-state index in [-0.39, 0.29) is 0 Å². The molecule has 1 rings (SSSR count). The van der Waals surface area contributed by atoms with Crippen LogP contribution >= 0.6 is 7.52 Å². The first-order chi connectivity index (χ1) is 7.42. The zero-order valence-corrected chi connectivity index (χ0v) is 11.0. The maximum Gasteiger partial charge on any atom is 0.301 e. The smallest absolute Gasteiger partial charge is 0.301 e. The summed E-state index contributed by atoms with van der Waals surface area (Å²) in [7, 11) is -1.75. The Hall–Kier alpha value is -0.830. The third kappa shape index (κ3) is 2.64. The number of methoxy groups -OCH3 is 1. The van der Waals surface area contributed by atoms with Crippen LogP contribution in [0, 0.1) is 13.8 Å². The van der Waals surface area contributed by atoms with Gasteiger partial charge in [0.1, 0.15) is 5.75 Å². The molecule has 0 aliphatic heterocycles. The molecule has 1 aromatic rings.